The van der Waals surface area contributed by atoms with Gasteiger partial charge in [-0.3, -0.25) is 9.59 Å². The minimum atomic E-state index is -1.05. The molecular formula is C25H29FN4O5. The van der Waals surface area contributed by atoms with Crippen molar-refractivity contribution < 1.29 is 28.6 Å². The Labute approximate surface area is 202 Å². The van der Waals surface area contributed by atoms with Crippen molar-refractivity contribution in [3.05, 3.63) is 46.0 Å². The van der Waals surface area contributed by atoms with Crippen molar-refractivity contribution in [2.24, 2.45) is 0 Å². The zero-order valence-electron chi connectivity index (χ0n) is 20.1. The van der Waals surface area contributed by atoms with Gasteiger partial charge in [-0.15, -0.1) is 0 Å². The number of carbonyl (C=O) groups excluding carboxylic acids is 1. The monoisotopic (exact) mass is 484 g/mol. The molecule has 0 fully saturated rings. The van der Waals surface area contributed by atoms with Gasteiger partial charge >= 0.3 is 5.97 Å². The fourth-order valence-electron chi connectivity index (χ4n) is 4.38. The first-order chi connectivity index (χ1) is 16.8. The molecule has 0 atom stereocenters. The molecule has 2 aromatic heterocycles. The SMILES string of the molecule is CCCOCCNC(=O)c1cc2nc(C)c(CC(=O)O)c(-c3cc(F)c4c(c3C)CCCO4)n2n1. The van der Waals surface area contributed by atoms with Gasteiger partial charge in [-0.1, -0.05) is 6.92 Å². The molecule has 0 aliphatic carbocycles. The number of aromatic nitrogens is 3. The standard InChI is InChI=1S/C25H29FN4O5/c1-4-8-34-10-7-27-25(33)20-13-21-28-15(3)18(12-22(31)32)23(30(21)29-20)17-11-19(26)24-16(14(17)2)6-5-9-35-24/h11,13H,4-10,12H2,1-3H3,(H,27,33)(H,31,32). The van der Waals surface area contributed by atoms with Crippen LogP contribution in [0.3, 0.4) is 0 Å². The number of fused-ring (bicyclic) bond motifs is 2. The molecule has 1 amide bonds. The summed E-state index contributed by atoms with van der Waals surface area (Å²) in [5, 5.41) is 16.8. The Morgan fingerprint density at radius 3 is 2.83 bits per heavy atom. The first kappa shape index (κ1) is 24.6. The summed E-state index contributed by atoms with van der Waals surface area (Å²) in [4.78, 5) is 28.9. The van der Waals surface area contributed by atoms with Gasteiger partial charge in [0, 0.05) is 41.6 Å². The number of hydrogen-bond acceptors (Lipinski definition) is 6. The number of aryl methyl sites for hydroxylation is 1. The lowest BCUT2D eigenvalue weighted by Gasteiger charge is -2.23. The lowest BCUT2D eigenvalue weighted by atomic mass is 9.91. The van der Waals surface area contributed by atoms with E-state index in [0.717, 1.165) is 24.0 Å². The van der Waals surface area contributed by atoms with Gasteiger partial charge < -0.3 is 19.9 Å². The van der Waals surface area contributed by atoms with Crippen LogP contribution in [0.4, 0.5) is 4.39 Å². The van der Waals surface area contributed by atoms with Crippen molar-refractivity contribution in [3.63, 3.8) is 0 Å². The summed E-state index contributed by atoms with van der Waals surface area (Å²) in [6, 6.07) is 2.89. The average Bonchev–Trinajstić information content (AvgIpc) is 3.25. The van der Waals surface area contributed by atoms with Crippen LogP contribution in [0, 0.1) is 19.7 Å². The second-order valence-electron chi connectivity index (χ2n) is 8.55. The van der Waals surface area contributed by atoms with E-state index in [9.17, 15) is 14.7 Å². The van der Waals surface area contributed by atoms with E-state index in [1.807, 2.05) is 13.8 Å². The van der Waals surface area contributed by atoms with Crippen molar-refractivity contribution in [1.82, 2.24) is 19.9 Å². The Kier molecular flexibility index (Phi) is 7.30. The summed E-state index contributed by atoms with van der Waals surface area (Å²) in [7, 11) is 0. The van der Waals surface area contributed by atoms with Crippen molar-refractivity contribution in [2.75, 3.05) is 26.4 Å². The lowest BCUT2D eigenvalue weighted by Crippen LogP contribution is -2.27. The predicted octanol–water partition coefficient (Wildman–Crippen LogP) is 3.26. The van der Waals surface area contributed by atoms with Gasteiger partial charge in [0.05, 0.1) is 25.3 Å². The molecule has 35 heavy (non-hydrogen) atoms. The molecule has 10 heteroatoms. The number of carbonyl (C=O) groups is 2. The van der Waals surface area contributed by atoms with Crippen LogP contribution < -0.4 is 10.1 Å². The van der Waals surface area contributed by atoms with Crippen LogP contribution in [0.2, 0.25) is 0 Å². The normalized spacial score (nSPS) is 12.9. The highest BCUT2D eigenvalue weighted by Gasteiger charge is 2.26. The summed E-state index contributed by atoms with van der Waals surface area (Å²) in [6.45, 7) is 7.34. The van der Waals surface area contributed by atoms with E-state index in [1.165, 1.54) is 16.6 Å². The van der Waals surface area contributed by atoms with Gasteiger partial charge in [-0.25, -0.2) is 13.9 Å². The van der Waals surface area contributed by atoms with Gasteiger partial charge in [0.1, 0.15) is 0 Å². The molecule has 1 aliphatic heterocycles. The predicted molar refractivity (Wildman–Crippen MR) is 126 cm³/mol. The molecule has 4 rings (SSSR count). The van der Waals surface area contributed by atoms with E-state index < -0.39 is 17.7 Å². The third-order valence-electron chi connectivity index (χ3n) is 6.04. The number of aliphatic carboxylic acids is 1. The van der Waals surface area contributed by atoms with Gasteiger partial charge in [0.2, 0.25) is 0 Å². The summed E-state index contributed by atoms with van der Waals surface area (Å²) in [5.41, 5.74) is 3.83. The van der Waals surface area contributed by atoms with Crippen LogP contribution in [0.1, 0.15) is 52.6 Å². The first-order valence-corrected chi connectivity index (χ1v) is 11.7. The minimum Gasteiger partial charge on any atom is -0.490 e. The zero-order chi connectivity index (χ0) is 25.1. The van der Waals surface area contributed by atoms with E-state index in [1.54, 1.807) is 6.92 Å². The van der Waals surface area contributed by atoms with E-state index in [4.69, 9.17) is 9.47 Å². The molecule has 2 N–H and O–H groups in total. The van der Waals surface area contributed by atoms with Gasteiger partial charge in [0.25, 0.3) is 5.91 Å². The Morgan fingerprint density at radius 1 is 1.29 bits per heavy atom. The van der Waals surface area contributed by atoms with E-state index in [2.05, 4.69) is 15.4 Å². The summed E-state index contributed by atoms with van der Waals surface area (Å²) < 4.78 is 27.5. The molecule has 1 aliphatic rings. The highest BCUT2D eigenvalue weighted by molar-refractivity contribution is 5.93. The quantitative estimate of drug-likeness (QED) is 0.448. The third-order valence-corrected chi connectivity index (χ3v) is 6.04. The Bertz CT molecular complexity index is 1290. The molecule has 0 bridgehead atoms. The van der Waals surface area contributed by atoms with Crippen molar-refractivity contribution in [1.29, 1.82) is 0 Å². The fourth-order valence-corrected chi connectivity index (χ4v) is 4.38. The molecule has 3 heterocycles. The second kappa shape index (κ2) is 10.4. The maximum absolute atomic E-state index is 15.1. The summed E-state index contributed by atoms with van der Waals surface area (Å²) in [6.07, 6.45) is 1.98. The number of rotatable bonds is 9. The molecule has 0 spiro atoms. The Morgan fingerprint density at radius 2 is 2.09 bits per heavy atom. The number of nitrogens with zero attached hydrogens (tertiary/aromatic N) is 3. The summed E-state index contributed by atoms with van der Waals surface area (Å²) in [5.74, 6) is -1.72. The van der Waals surface area contributed by atoms with E-state index in [-0.39, 0.29) is 17.9 Å². The van der Waals surface area contributed by atoms with E-state index in [0.29, 0.717) is 60.9 Å². The van der Waals surface area contributed by atoms with Crippen LogP contribution in [0.15, 0.2) is 12.1 Å². The van der Waals surface area contributed by atoms with Crippen LogP contribution in [0.25, 0.3) is 16.9 Å². The third kappa shape index (κ3) is 4.97. The second-order valence-corrected chi connectivity index (χ2v) is 8.55. The number of halogens is 1. The molecule has 0 saturated heterocycles. The van der Waals surface area contributed by atoms with Gasteiger partial charge in [-0.2, -0.15) is 5.10 Å². The van der Waals surface area contributed by atoms with Gasteiger partial charge in [0.15, 0.2) is 22.9 Å². The van der Waals surface area contributed by atoms with Crippen LogP contribution in [-0.4, -0.2) is 57.9 Å². The number of benzene rings is 1. The molecule has 1 aromatic carbocycles. The Hall–Kier alpha value is -3.53. The maximum atomic E-state index is 15.1. The molecule has 3 aromatic rings. The van der Waals surface area contributed by atoms with Crippen LogP contribution in [0.5, 0.6) is 5.75 Å². The number of ether oxygens (including phenoxy) is 2. The number of amides is 1. The van der Waals surface area contributed by atoms with Gasteiger partial charge in [-0.05, 0) is 44.7 Å². The number of hydrogen-bond donors (Lipinski definition) is 2. The highest BCUT2D eigenvalue weighted by atomic mass is 19.1. The van der Waals surface area contributed by atoms with Crippen molar-refractivity contribution in [2.45, 2.75) is 46.5 Å². The van der Waals surface area contributed by atoms with Crippen LogP contribution >= 0.6 is 0 Å². The van der Waals surface area contributed by atoms with E-state index >= 15 is 4.39 Å². The maximum Gasteiger partial charge on any atom is 0.307 e. The van der Waals surface area contributed by atoms with Crippen molar-refractivity contribution >= 4 is 17.5 Å². The number of carboxylic acids is 1. The largest absolute Gasteiger partial charge is 0.490 e. The molecule has 0 unspecified atom stereocenters. The number of nitrogens with one attached hydrogen (secondary N) is 1. The Balaban J connectivity index is 1.83. The minimum absolute atomic E-state index is 0.125. The number of carboxylic acid groups (broad SMARTS) is 1. The van der Waals surface area contributed by atoms with Crippen LogP contribution in [-0.2, 0) is 22.4 Å². The smallest absolute Gasteiger partial charge is 0.307 e. The molecular weight excluding hydrogens is 455 g/mol. The molecule has 186 valence electrons. The fraction of sp³-hybridized carbons (Fsp3) is 0.440. The topological polar surface area (TPSA) is 115 Å². The summed E-state index contributed by atoms with van der Waals surface area (Å²) >= 11 is 0. The highest BCUT2D eigenvalue weighted by Crippen LogP contribution is 2.39. The van der Waals surface area contributed by atoms with Crippen molar-refractivity contribution in [3.8, 4) is 17.0 Å². The first-order valence-electron chi connectivity index (χ1n) is 11.7. The zero-order valence-corrected chi connectivity index (χ0v) is 20.1. The molecule has 0 saturated carbocycles. The average molecular weight is 485 g/mol. The lowest BCUT2D eigenvalue weighted by molar-refractivity contribution is -0.136. The molecule has 0 radical (unpaired) electrons. The molecule has 9 nitrogen and oxygen atoms in total.